The van der Waals surface area contributed by atoms with Gasteiger partial charge in [0.1, 0.15) is 11.4 Å². The second kappa shape index (κ2) is 6.20. The van der Waals surface area contributed by atoms with Crippen molar-refractivity contribution in [2.24, 2.45) is 7.05 Å². The molecule has 2 N–H and O–H groups in total. The minimum Gasteiger partial charge on any atom is -0.504 e. The highest BCUT2D eigenvalue weighted by Gasteiger charge is 2.24. The molecule has 0 saturated heterocycles. The predicted molar refractivity (Wildman–Crippen MR) is 110 cm³/mol. The number of nitrogens with one attached hydrogen (secondary N) is 1. The average molecular weight is 387 g/mol. The van der Waals surface area contributed by atoms with Crippen LogP contribution in [0.2, 0.25) is 0 Å². The molecule has 0 spiro atoms. The fourth-order valence-electron chi connectivity index (χ4n) is 3.93. The smallest absolute Gasteiger partial charge is 0.220 e. The van der Waals surface area contributed by atoms with Crippen molar-refractivity contribution in [3.8, 4) is 28.5 Å². The molecular weight excluding hydrogens is 366 g/mol. The second-order valence-corrected chi connectivity index (χ2v) is 7.63. The first-order valence-corrected chi connectivity index (χ1v) is 9.51. The van der Waals surface area contributed by atoms with E-state index in [1.165, 1.54) is 0 Å². The summed E-state index contributed by atoms with van der Waals surface area (Å²) in [5, 5.41) is 15.4. The quantitative estimate of drug-likeness (QED) is 0.551. The molecule has 0 aliphatic carbocycles. The number of fused-ring (bicyclic) bond motifs is 2. The molecule has 7 nitrogen and oxygen atoms in total. The summed E-state index contributed by atoms with van der Waals surface area (Å²) in [5.41, 5.74) is 7.00. The monoisotopic (exact) mass is 387 g/mol. The van der Waals surface area contributed by atoms with Gasteiger partial charge in [0, 0.05) is 32.6 Å². The van der Waals surface area contributed by atoms with Gasteiger partial charge in [0.05, 0.1) is 11.0 Å². The Labute approximate surface area is 167 Å². The van der Waals surface area contributed by atoms with Gasteiger partial charge in [-0.25, -0.2) is 4.98 Å². The van der Waals surface area contributed by atoms with Crippen LogP contribution in [0.15, 0.2) is 36.4 Å². The molecule has 1 aliphatic rings. The predicted octanol–water partition coefficient (Wildman–Crippen LogP) is 3.51. The van der Waals surface area contributed by atoms with Gasteiger partial charge in [-0.15, -0.1) is 0 Å². The third-order valence-corrected chi connectivity index (χ3v) is 5.54. The lowest BCUT2D eigenvalue weighted by Crippen LogP contribution is -2.21. The number of aromatic hydroxyl groups is 1. The molecule has 5 rings (SSSR count). The lowest BCUT2D eigenvalue weighted by molar-refractivity contribution is -0.129. The van der Waals surface area contributed by atoms with Crippen LogP contribution in [0.1, 0.15) is 23.6 Å². The topological polar surface area (TPSA) is 87.0 Å². The normalized spacial score (nSPS) is 13.3. The van der Waals surface area contributed by atoms with E-state index < -0.39 is 0 Å². The second-order valence-electron chi connectivity index (χ2n) is 7.63. The van der Waals surface area contributed by atoms with E-state index >= 15 is 0 Å². The summed E-state index contributed by atoms with van der Waals surface area (Å²) in [5.74, 6) is 0.741. The lowest BCUT2D eigenvalue weighted by Gasteiger charge is -2.10. The van der Waals surface area contributed by atoms with Crippen LogP contribution in [-0.4, -0.2) is 35.7 Å². The number of amides is 1. The molecular formula is C22H21N5O2. The fraction of sp³-hybridized carbons (Fsp3) is 0.227. The van der Waals surface area contributed by atoms with E-state index in [9.17, 15) is 9.90 Å². The zero-order valence-electron chi connectivity index (χ0n) is 16.5. The van der Waals surface area contributed by atoms with E-state index in [4.69, 9.17) is 4.98 Å². The number of H-pyrrole nitrogens is 1. The maximum atomic E-state index is 11.7. The van der Waals surface area contributed by atoms with Crippen molar-refractivity contribution < 1.29 is 9.90 Å². The first-order chi connectivity index (χ1) is 13.9. The Kier molecular flexibility index (Phi) is 3.74. The standard InChI is InChI=1S/C22H21N5O2/c1-12-4-6-14(7-5-12)19-21(29)20(26(3)25-19)22-23-17-8-15-10-27(13(2)28)11-16(15)9-18(17)24-22/h4-9,29H,10-11H2,1-3H3,(H,23,24). The van der Waals surface area contributed by atoms with Crippen molar-refractivity contribution in [2.45, 2.75) is 26.9 Å². The van der Waals surface area contributed by atoms with E-state index in [0.717, 1.165) is 33.3 Å². The van der Waals surface area contributed by atoms with Crippen LogP contribution in [0.5, 0.6) is 5.75 Å². The zero-order valence-corrected chi connectivity index (χ0v) is 16.5. The van der Waals surface area contributed by atoms with Crippen LogP contribution in [0, 0.1) is 6.92 Å². The minimum atomic E-state index is 0.0713. The van der Waals surface area contributed by atoms with Crippen LogP contribution in [-0.2, 0) is 24.9 Å². The Morgan fingerprint density at radius 3 is 2.52 bits per heavy atom. The van der Waals surface area contributed by atoms with Crippen LogP contribution >= 0.6 is 0 Å². The van der Waals surface area contributed by atoms with Crippen LogP contribution in [0.3, 0.4) is 0 Å². The number of aromatic amines is 1. The fourth-order valence-corrected chi connectivity index (χ4v) is 3.93. The molecule has 146 valence electrons. The van der Waals surface area contributed by atoms with Gasteiger partial charge in [0.25, 0.3) is 0 Å². The molecule has 4 aromatic rings. The molecule has 2 aromatic carbocycles. The Balaban J connectivity index is 1.57. The molecule has 0 atom stereocenters. The van der Waals surface area contributed by atoms with Gasteiger partial charge in [0.15, 0.2) is 11.6 Å². The number of hydrogen-bond acceptors (Lipinski definition) is 4. The van der Waals surface area contributed by atoms with Crippen LogP contribution in [0.4, 0.5) is 0 Å². The first-order valence-electron chi connectivity index (χ1n) is 9.51. The number of nitrogens with zero attached hydrogens (tertiary/aromatic N) is 4. The number of imidazole rings is 1. The van der Waals surface area contributed by atoms with E-state index in [1.807, 2.05) is 48.2 Å². The third kappa shape index (κ3) is 2.77. The molecule has 0 saturated carbocycles. The summed E-state index contributed by atoms with van der Waals surface area (Å²) in [6.07, 6.45) is 0. The number of aromatic nitrogens is 4. The number of aryl methyl sites for hydroxylation is 2. The summed E-state index contributed by atoms with van der Waals surface area (Å²) in [6, 6.07) is 11.9. The summed E-state index contributed by atoms with van der Waals surface area (Å²) < 4.78 is 1.65. The summed E-state index contributed by atoms with van der Waals surface area (Å²) in [7, 11) is 1.80. The molecule has 1 amide bonds. The SMILES string of the molecule is CC(=O)N1Cc2cc3nc(-c4c(O)c(-c5ccc(C)cc5)nn4C)[nH]c3cc2C1. The average Bonchev–Trinajstić information content (AvgIpc) is 3.35. The maximum absolute atomic E-state index is 11.7. The number of rotatable bonds is 2. The van der Waals surface area contributed by atoms with Gasteiger partial charge < -0.3 is 15.0 Å². The van der Waals surface area contributed by atoms with Crippen molar-refractivity contribution in [3.05, 3.63) is 53.1 Å². The van der Waals surface area contributed by atoms with Gasteiger partial charge in [-0.2, -0.15) is 5.10 Å². The van der Waals surface area contributed by atoms with Crippen molar-refractivity contribution in [2.75, 3.05) is 0 Å². The third-order valence-electron chi connectivity index (χ3n) is 5.54. The summed E-state index contributed by atoms with van der Waals surface area (Å²) >= 11 is 0. The molecule has 0 bridgehead atoms. The van der Waals surface area contributed by atoms with Gasteiger partial charge in [-0.3, -0.25) is 9.48 Å². The van der Waals surface area contributed by atoms with Crippen molar-refractivity contribution in [1.82, 2.24) is 24.6 Å². The van der Waals surface area contributed by atoms with E-state index in [-0.39, 0.29) is 11.7 Å². The highest BCUT2D eigenvalue weighted by atomic mass is 16.3. The van der Waals surface area contributed by atoms with E-state index in [0.29, 0.717) is 30.3 Å². The number of benzene rings is 2. The highest BCUT2D eigenvalue weighted by molar-refractivity contribution is 5.84. The Morgan fingerprint density at radius 2 is 1.83 bits per heavy atom. The van der Waals surface area contributed by atoms with Crippen molar-refractivity contribution in [3.63, 3.8) is 0 Å². The first kappa shape index (κ1) is 17.5. The molecule has 1 aliphatic heterocycles. The molecule has 7 heteroatoms. The van der Waals surface area contributed by atoms with Gasteiger partial charge in [-0.1, -0.05) is 29.8 Å². The van der Waals surface area contributed by atoms with Crippen molar-refractivity contribution in [1.29, 1.82) is 0 Å². The lowest BCUT2D eigenvalue weighted by atomic mass is 10.1. The van der Waals surface area contributed by atoms with Gasteiger partial charge in [0.2, 0.25) is 5.91 Å². The van der Waals surface area contributed by atoms with E-state index in [2.05, 4.69) is 10.1 Å². The number of carbonyl (C=O) groups excluding carboxylic acids is 1. The van der Waals surface area contributed by atoms with Crippen LogP contribution in [0.25, 0.3) is 33.8 Å². The maximum Gasteiger partial charge on any atom is 0.220 e. The number of hydrogen-bond donors (Lipinski definition) is 2. The summed E-state index contributed by atoms with van der Waals surface area (Å²) in [6.45, 7) is 4.83. The molecule has 0 unspecified atom stereocenters. The summed E-state index contributed by atoms with van der Waals surface area (Å²) in [4.78, 5) is 21.5. The van der Waals surface area contributed by atoms with Gasteiger partial charge in [-0.05, 0) is 30.2 Å². The molecule has 29 heavy (non-hydrogen) atoms. The van der Waals surface area contributed by atoms with Crippen LogP contribution < -0.4 is 0 Å². The molecule has 0 radical (unpaired) electrons. The molecule has 3 heterocycles. The highest BCUT2D eigenvalue weighted by Crippen LogP contribution is 2.37. The van der Waals surface area contributed by atoms with E-state index in [1.54, 1.807) is 18.7 Å². The number of carbonyl (C=O) groups is 1. The Morgan fingerprint density at radius 1 is 1.14 bits per heavy atom. The minimum absolute atomic E-state index is 0.0713. The van der Waals surface area contributed by atoms with Gasteiger partial charge >= 0.3 is 0 Å². The Bertz CT molecular complexity index is 1220. The molecule has 0 fully saturated rings. The molecule has 2 aromatic heterocycles. The Hall–Kier alpha value is -3.61. The largest absolute Gasteiger partial charge is 0.504 e. The zero-order chi connectivity index (χ0) is 20.3. The van der Waals surface area contributed by atoms with Crippen molar-refractivity contribution >= 4 is 16.9 Å².